The van der Waals surface area contributed by atoms with Crippen LogP contribution in [0, 0.1) is 17.3 Å². The van der Waals surface area contributed by atoms with Crippen LogP contribution in [0.4, 0.5) is 0 Å². The Balaban J connectivity index is 1.06. The lowest BCUT2D eigenvalue weighted by Crippen LogP contribution is -2.45. The van der Waals surface area contributed by atoms with E-state index in [-0.39, 0.29) is 17.5 Å². The number of rotatable bonds is 17. The number of phenolic OH excluding ortho intramolecular Hbond substituents is 1. The number of carbonyl (C=O) groups is 1. The molecule has 0 heterocycles. The number of esters is 1. The summed E-state index contributed by atoms with van der Waals surface area (Å²) in [5.74, 6) is 2.40. The molecular formula is C36H58O3. The first-order valence-electron chi connectivity index (χ1n) is 17.0. The van der Waals surface area contributed by atoms with Gasteiger partial charge in [-0.25, -0.2) is 0 Å². The van der Waals surface area contributed by atoms with Gasteiger partial charge in [0.1, 0.15) is 11.9 Å². The van der Waals surface area contributed by atoms with Gasteiger partial charge < -0.3 is 9.84 Å². The smallest absolute Gasteiger partial charge is 0.306 e. The molecule has 1 aromatic rings. The van der Waals surface area contributed by atoms with Gasteiger partial charge in [-0.05, 0) is 86.0 Å². The minimum atomic E-state index is 0.0446. The van der Waals surface area contributed by atoms with E-state index in [1.807, 2.05) is 12.1 Å². The van der Waals surface area contributed by atoms with E-state index in [9.17, 15) is 9.90 Å². The average molecular weight is 541 g/mol. The lowest BCUT2D eigenvalue weighted by molar-refractivity contribution is -0.157. The van der Waals surface area contributed by atoms with Crippen molar-refractivity contribution in [1.82, 2.24) is 0 Å². The Morgan fingerprint density at radius 2 is 1.46 bits per heavy atom. The summed E-state index contributed by atoms with van der Waals surface area (Å²) in [6, 6.07) is 6.02. The highest BCUT2D eigenvalue weighted by Gasteiger charge is 2.56. The van der Waals surface area contributed by atoms with Gasteiger partial charge in [0.15, 0.2) is 0 Å². The summed E-state index contributed by atoms with van der Waals surface area (Å²) >= 11 is 0. The highest BCUT2D eigenvalue weighted by Crippen LogP contribution is 2.61. The topological polar surface area (TPSA) is 46.5 Å². The van der Waals surface area contributed by atoms with Gasteiger partial charge in [0.05, 0.1) is 0 Å². The molecule has 3 aliphatic carbocycles. The second-order valence-corrected chi connectivity index (χ2v) is 13.6. The van der Waals surface area contributed by atoms with Gasteiger partial charge >= 0.3 is 5.97 Å². The maximum Gasteiger partial charge on any atom is 0.306 e. The zero-order valence-electron chi connectivity index (χ0n) is 25.4. The van der Waals surface area contributed by atoms with Crippen LogP contribution in [0.5, 0.6) is 5.75 Å². The molecule has 0 bridgehead atoms. The molecule has 1 N–H and O–H groups in total. The molecule has 0 amide bonds. The van der Waals surface area contributed by atoms with E-state index in [1.54, 1.807) is 0 Å². The van der Waals surface area contributed by atoms with E-state index >= 15 is 0 Å². The molecule has 1 aromatic carbocycles. The fraction of sp³-hybridized carbons (Fsp3) is 0.806. The summed E-state index contributed by atoms with van der Waals surface area (Å²) in [5, 5.41) is 9.93. The van der Waals surface area contributed by atoms with Crippen LogP contribution in [0.25, 0.3) is 0 Å². The van der Waals surface area contributed by atoms with Crippen LogP contribution in [-0.2, 0) is 16.0 Å². The normalized spacial score (nSPS) is 27.5. The zero-order chi connectivity index (χ0) is 27.5. The number of aromatic hydroxyl groups is 1. The minimum Gasteiger partial charge on any atom is -0.508 e. The van der Waals surface area contributed by atoms with Crippen LogP contribution in [0.1, 0.15) is 166 Å². The van der Waals surface area contributed by atoms with Crippen LogP contribution >= 0.6 is 0 Å². The molecule has 220 valence electrons. The minimum absolute atomic E-state index is 0.0446. The van der Waals surface area contributed by atoms with E-state index in [0.717, 1.165) is 32.1 Å². The van der Waals surface area contributed by atoms with E-state index in [2.05, 4.69) is 19.9 Å². The zero-order valence-corrected chi connectivity index (χ0v) is 25.4. The van der Waals surface area contributed by atoms with E-state index < -0.39 is 0 Å². The quantitative estimate of drug-likeness (QED) is 0.158. The molecular weight excluding hydrogens is 482 g/mol. The van der Waals surface area contributed by atoms with Crippen molar-refractivity contribution in [2.75, 3.05) is 0 Å². The Kier molecular flexibility index (Phi) is 12.1. The number of carbonyl (C=O) groups excluding carboxylic acids is 1. The molecule has 3 aliphatic rings. The molecule has 3 nitrogen and oxygen atoms in total. The fourth-order valence-corrected chi connectivity index (χ4v) is 8.57. The van der Waals surface area contributed by atoms with Gasteiger partial charge in [-0.2, -0.15) is 0 Å². The highest BCUT2D eigenvalue weighted by molar-refractivity contribution is 5.69. The third kappa shape index (κ3) is 8.26. The Hall–Kier alpha value is -1.51. The first kappa shape index (κ1) is 30.4. The van der Waals surface area contributed by atoms with Crippen LogP contribution in [-0.4, -0.2) is 17.2 Å². The molecule has 0 radical (unpaired) electrons. The Morgan fingerprint density at radius 1 is 0.846 bits per heavy atom. The Morgan fingerprint density at radius 3 is 2.10 bits per heavy atom. The van der Waals surface area contributed by atoms with Gasteiger partial charge in [0.25, 0.3) is 0 Å². The van der Waals surface area contributed by atoms with Gasteiger partial charge in [0.2, 0.25) is 0 Å². The third-order valence-electron chi connectivity index (χ3n) is 10.9. The average Bonchev–Trinajstić information content (AvgIpc) is 3.26. The van der Waals surface area contributed by atoms with E-state index in [0.29, 0.717) is 29.9 Å². The second kappa shape index (κ2) is 15.5. The van der Waals surface area contributed by atoms with Gasteiger partial charge in [-0.3, -0.25) is 4.79 Å². The van der Waals surface area contributed by atoms with Crippen molar-refractivity contribution in [3.05, 3.63) is 29.3 Å². The van der Waals surface area contributed by atoms with Crippen molar-refractivity contribution < 1.29 is 14.6 Å². The summed E-state index contributed by atoms with van der Waals surface area (Å²) in [6.07, 6.45) is 27.7. The lowest BCUT2D eigenvalue weighted by Gasteiger charge is -2.50. The standard InChI is InChI=1S/C36H58O3/c1-3-4-5-6-7-8-9-10-11-12-13-14-15-16-17-18-35(38)39-34-24-23-33-32-21-19-28-27-29(37)20-22-30(28)31(32)25-26-36(33,34)2/h20,22,27,31-34,37H,3-19,21,23-26H2,1-2H3/t31-,32-,33+,34+,36+/m1/s1/i35+2. The second-order valence-electron chi connectivity index (χ2n) is 13.6. The molecule has 2 fully saturated rings. The van der Waals surface area contributed by atoms with E-state index in [1.165, 1.54) is 114 Å². The van der Waals surface area contributed by atoms with Crippen LogP contribution in [0.15, 0.2) is 18.2 Å². The number of unbranched alkanes of at least 4 members (excludes halogenated alkanes) is 14. The Labute approximate surface area is 239 Å². The maximum atomic E-state index is 12.8. The SMILES string of the molecule is CCCCCCCCCCCCCCCCC[14C](=O)O[C@H]1CC[C@H]2[C@@H]3CCc4cc(O)ccc4[C@H]3CC[C@]12C. The molecule has 0 spiro atoms. The molecule has 5 atom stereocenters. The molecule has 0 aromatic heterocycles. The first-order valence-corrected chi connectivity index (χ1v) is 17.0. The van der Waals surface area contributed by atoms with Gasteiger partial charge in [-0.15, -0.1) is 0 Å². The van der Waals surface area contributed by atoms with Crippen molar-refractivity contribution in [2.24, 2.45) is 17.3 Å². The number of benzene rings is 1. The van der Waals surface area contributed by atoms with Crippen molar-refractivity contribution >= 4 is 5.97 Å². The predicted octanol–water partition coefficient (Wildman–Crippen LogP) is 10.4. The molecule has 3 heteroatoms. The summed E-state index contributed by atoms with van der Waals surface area (Å²) in [6.45, 7) is 4.70. The molecule has 0 unspecified atom stereocenters. The number of aryl methyl sites for hydroxylation is 1. The monoisotopic (exact) mass is 540 g/mol. The number of fused-ring (bicyclic) bond motifs is 5. The van der Waals surface area contributed by atoms with Crippen LogP contribution in [0.2, 0.25) is 0 Å². The molecule has 0 saturated heterocycles. The van der Waals surface area contributed by atoms with E-state index in [4.69, 9.17) is 4.74 Å². The number of ether oxygens (including phenoxy) is 1. The first-order chi connectivity index (χ1) is 19.0. The predicted molar refractivity (Wildman–Crippen MR) is 162 cm³/mol. The molecule has 0 aliphatic heterocycles. The largest absolute Gasteiger partial charge is 0.508 e. The summed E-state index contributed by atoms with van der Waals surface area (Å²) in [7, 11) is 0. The van der Waals surface area contributed by atoms with Gasteiger partial charge in [-0.1, -0.05) is 110 Å². The van der Waals surface area contributed by atoms with Crippen LogP contribution in [0.3, 0.4) is 0 Å². The molecule has 2 saturated carbocycles. The summed E-state index contributed by atoms with van der Waals surface area (Å²) in [4.78, 5) is 12.8. The van der Waals surface area contributed by atoms with Gasteiger partial charge in [0, 0.05) is 11.8 Å². The summed E-state index contributed by atoms with van der Waals surface area (Å²) in [5.41, 5.74) is 2.96. The van der Waals surface area contributed by atoms with Crippen LogP contribution < -0.4 is 0 Å². The number of hydrogen-bond acceptors (Lipinski definition) is 3. The van der Waals surface area contributed by atoms with Crippen molar-refractivity contribution in [2.45, 2.75) is 167 Å². The van der Waals surface area contributed by atoms with Crippen molar-refractivity contribution in [1.29, 1.82) is 0 Å². The molecule has 39 heavy (non-hydrogen) atoms. The summed E-state index contributed by atoms with van der Waals surface area (Å²) < 4.78 is 6.20. The maximum absolute atomic E-state index is 12.8. The fourth-order valence-electron chi connectivity index (χ4n) is 8.57. The lowest BCUT2D eigenvalue weighted by atomic mass is 9.55. The van der Waals surface area contributed by atoms with Crippen molar-refractivity contribution in [3.63, 3.8) is 0 Å². The molecule has 4 rings (SSSR count). The third-order valence-corrected chi connectivity index (χ3v) is 10.9. The number of hydrogen-bond donors (Lipinski definition) is 1. The van der Waals surface area contributed by atoms with Crippen molar-refractivity contribution in [3.8, 4) is 5.75 Å². The highest BCUT2D eigenvalue weighted by atomic mass is 16.8. The number of phenols is 1. The Bertz CT molecular complexity index is 878.